The summed E-state index contributed by atoms with van der Waals surface area (Å²) in [4.78, 5) is 11.3. The number of hydrogen-bond donors (Lipinski definition) is 2. The van der Waals surface area contributed by atoms with Gasteiger partial charge in [0.05, 0.1) is 0 Å². The molecule has 0 amide bonds. The van der Waals surface area contributed by atoms with Crippen LogP contribution < -0.4 is 5.32 Å². The Morgan fingerprint density at radius 1 is 1.35 bits per heavy atom. The SMILES string of the molecule is CNc1sc(Cl)c(-c2ccccc2)c1C(=O)O. The second-order valence-corrected chi connectivity index (χ2v) is 5.00. The van der Waals surface area contributed by atoms with Crippen molar-refractivity contribution in [2.24, 2.45) is 0 Å². The molecular weight excluding hydrogens is 258 g/mol. The van der Waals surface area contributed by atoms with Crippen LogP contribution in [-0.2, 0) is 0 Å². The Bertz CT molecular complexity index is 551. The van der Waals surface area contributed by atoms with Crippen molar-refractivity contribution in [1.29, 1.82) is 0 Å². The van der Waals surface area contributed by atoms with Crippen LogP contribution in [-0.4, -0.2) is 18.1 Å². The molecule has 2 rings (SSSR count). The summed E-state index contributed by atoms with van der Waals surface area (Å²) in [7, 11) is 1.68. The zero-order valence-corrected chi connectivity index (χ0v) is 10.6. The van der Waals surface area contributed by atoms with Gasteiger partial charge in [-0.05, 0) is 5.56 Å². The highest BCUT2D eigenvalue weighted by molar-refractivity contribution is 7.21. The van der Waals surface area contributed by atoms with Crippen LogP contribution in [0.25, 0.3) is 11.1 Å². The van der Waals surface area contributed by atoms with Crippen LogP contribution in [0.4, 0.5) is 5.00 Å². The van der Waals surface area contributed by atoms with E-state index < -0.39 is 5.97 Å². The number of carboxylic acids is 1. The minimum atomic E-state index is -0.976. The van der Waals surface area contributed by atoms with Crippen molar-refractivity contribution in [2.75, 3.05) is 12.4 Å². The zero-order chi connectivity index (χ0) is 12.4. The summed E-state index contributed by atoms with van der Waals surface area (Å²) < 4.78 is 0.484. The summed E-state index contributed by atoms with van der Waals surface area (Å²) in [6, 6.07) is 9.28. The molecule has 88 valence electrons. The average molecular weight is 268 g/mol. The van der Waals surface area contributed by atoms with Gasteiger partial charge in [-0.3, -0.25) is 0 Å². The first-order chi connectivity index (χ1) is 8.15. The number of carbonyl (C=O) groups is 1. The summed E-state index contributed by atoms with van der Waals surface area (Å²) in [5.74, 6) is -0.976. The number of hydrogen-bond acceptors (Lipinski definition) is 3. The smallest absolute Gasteiger partial charge is 0.339 e. The van der Waals surface area contributed by atoms with E-state index in [1.165, 1.54) is 11.3 Å². The fourth-order valence-electron chi connectivity index (χ4n) is 1.65. The maximum atomic E-state index is 11.3. The summed E-state index contributed by atoms with van der Waals surface area (Å²) in [6.45, 7) is 0. The maximum absolute atomic E-state index is 11.3. The minimum Gasteiger partial charge on any atom is -0.478 e. The Morgan fingerprint density at radius 3 is 2.53 bits per heavy atom. The van der Waals surface area contributed by atoms with E-state index in [2.05, 4.69) is 5.32 Å². The lowest BCUT2D eigenvalue weighted by Gasteiger charge is -2.03. The quantitative estimate of drug-likeness (QED) is 0.889. The summed E-state index contributed by atoms with van der Waals surface area (Å²) in [5, 5.41) is 12.7. The molecule has 0 aliphatic heterocycles. The summed E-state index contributed by atoms with van der Waals surface area (Å²) in [6.07, 6.45) is 0. The standard InChI is InChI=1S/C12H10ClNO2S/c1-14-11-9(12(15)16)8(10(13)17-11)7-5-3-2-4-6-7/h2-6,14H,1H3,(H,15,16). The predicted molar refractivity (Wildman–Crippen MR) is 71.3 cm³/mol. The maximum Gasteiger partial charge on any atom is 0.339 e. The summed E-state index contributed by atoms with van der Waals surface area (Å²) in [5.41, 5.74) is 1.62. The Morgan fingerprint density at radius 2 is 2.00 bits per heavy atom. The molecule has 0 unspecified atom stereocenters. The minimum absolute atomic E-state index is 0.230. The van der Waals surface area contributed by atoms with Gasteiger partial charge in [0.2, 0.25) is 0 Å². The molecule has 17 heavy (non-hydrogen) atoms. The van der Waals surface area contributed by atoms with Crippen LogP contribution in [0.3, 0.4) is 0 Å². The van der Waals surface area contributed by atoms with Crippen LogP contribution in [0, 0.1) is 0 Å². The van der Waals surface area contributed by atoms with Crippen LogP contribution in [0.5, 0.6) is 0 Å². The lowest BCUT2D eigenvalue weighted by atomic mass is 10.0. The topological polar surface area (TPSA) is 49.3 Å². The van der Waals surface area contributed by atoms with Gasteiger partial charge in [-0.15, -0.1) is 11.3 Å². The second kappa shape index (κ2) is 4.77. The first-order valence-corrected chi connectivity index (χ1v) is 6.13. The third kappa shape index (κ3) is 2.14. The lowest BCUT2D eigenvalue weighted by molar-refractivity contribution is 0.0699. The Labute approximate surface area is 108 Å². The first kappa shape index (κ1) is 12.0. The molecule has 0 radical (unpaired) electrons. The van der Waals surface area contributed by atoms with Crippen molar-refractivity contribution < 1.29 is 9.90 Å². The number of anilines is 1. The van der Waals surface area contributed by atoms with E-state index in [1.807, 2.05) is 30.3 Å². The fourth-order valence-corrected chi connectivity index (χ4v) is 2.98. The van der Waals surface area contributed by atoms with Crippen molar-refractivity contribution in [3.8, 4) is 11.1 Å². The van der Waals surface area contributed by atoms with E-state index in [1.54, 1.807) is 7.05 Å². The number of nitrogens with one attached hydrogen (secondary N) is 1. The number of aromatic carboxylic acids is 1. The van der Waals surface area contributed by atoms with Gasteiger partial charge >= 0.3 is 5.97 Å². The van der Waals surface area contributed by atoms with Gasteiger partial charge in [0, 0.05) is 12.6 Å². The molecule has 0 bridgehead atoms. The van der Waals surface area contributed by atoms with Gasteiger partial charge < -0.3 is 10.4 Å². The third-order valence-electron chi connectivity index (χ3n) is 2.37. The van der Waals surface area contributed by atoms with Crippen molar-refractivity contribution in [3.05, 3.63) is 40.2 Å². The van der Waals surface area contributed by atoms with E-state index in [0.717, 1.165) is 5.56 Å². The van der Waals surface area contributed by atoms with Gasteiger partial charge in [-0.2, -0.15) is 0 Å². The van der Waals surface area contributed by atoms with Crippen molar-refractivity contribution in [2.45, 2.75) is 0 Å². The molecule has 1 aromatic heterocycles. The van der Waals surface area contributed by atoms with Gasteiger partial charge in [0.25, 0.3) is 0 Å². The predicted octanol–water partition coefficient (Wildman–Crippen LogP) is 3.81. The Kier molecular flexibility index (Phi) is 3.36. The van der Waals surface area contributed by atoms with Crippen molar-refractivity contribution in [3.63, 3.8) is 0 Å². The molecule has 2 N–H and O–H groups in total. The molecule has 0 saturated heterocycles. The molecule has 5 heteroatoms. The Hall–Kier alpha value is -1.52. The van der Waals surface area contributed by atoms with Crippen molar-refractivity contribution >= 4 is 33.9 Å². The summed E-state index contributed by atoms with van der Waals surface area (Å²) >= 11 is 7.36. The van der Waals surface area contributed by atoms with Gasteiger partial charge in [0.1, 0.15) is 14.9 Å². The van der Waals surface area contributed by atoms with Gasteiger partial charge in [0.15, 0.2) is 0 Å². The average Bonchev–Trinajstić information content (AvgIpc) is 2.67. The molecular formula is C12H10ClNO2S. The number of thiophene rings is 1. The molecule has 1 aromatic carbocycles. The molecule has 0 atom stereocenters. The number of halogens is 1. The molecule has 0 fully saturated rings. The second-order valence-electron chi connectivity index (χ2n) is 3.38. The normalized spacial score (nSPS) is 10.2. The molecule has 0 aliphatic rings. The Balaban J connectivity index is 2.69. The molecule has 3 nitrogen and oxygen atoms in total. The van der Waals surface area contributed by atoms with E-state index in [-0.39, 0.29) is 5.56 Å². The van der Waals surface area contributed by atoms with E-state index in [0.29, 0.717) is 14.9 Å². The first-order valence-electron chi connectivity index (χ1n) is 4.94. The largest absolute Gasteiger partial charge is 0.478 e. The fraction of sp³-hybridized carbons (Fsp3) is 0.0833. The third-order valence-corrected chi connectivity index (χ3v) is 3.78. The number of carboxylic acid groups (broad SMARTS) is 1. The zero-order valence-electron chi connectivity index (χ0n) is 9.03. The van der Waals surface area contributed by atoms with Crippen LogP contribution >= 0.6 is 22.9 Å². The van der Waals surface area contributed by atoms with Crippen LogP contribution in [0.15, 0.2) is 30.3 Å². The van der Waals surface area contributed by atoms with E-state index >= 15 is 0 Å². The number of rotatable bonds is 3. The molecule has 0 spiro atoms. The van der Waals surface area contributed by atoms with Crippen molar-refractivity contribution in [1.82, 2.24) is 0 Å². The highest BCUT2D eigenvalue weighted by Gasteiger charge is 2.22. The van der Waals surface area contributed by atoms with Crippen LogP contribution in [0.2, 0.25) is 4.34 Å². The number of benzene rings is 1. The molecule has 0 saturated carbocycles. The molecule has 1 heterocycles. The molecule has 0 aliphatic carbocycles. The van der Waals surface area contributed by atoms with E-state index in [9.17, 15) is 9.90 Å². The monoisotopic (exact) mass is 267 g/mol. The van der Waals surface area contributed by atoms with Gasteiger partial charge in [-0.25, -0.2) is 4.79 Å². The van der Waals surface area contributed by atoms with Crippen LogP contribution in [0.1, 0.15) is 10.4 Å². The highest BCUT2D eigenvalue weighted by atomic mass is 35.5. The lowest BCUT2D eigenvalue weighted by Crippen LogP contribution is -2.01. The highest BCUT2D eigenvalue weighted by Crippen LogP contribution is 2.43. The van der Waals surface area contributed by atoms with Gasteiger partial charge in [-0.1, -0.05) is 41.9 Å². The van der Waals surface area contributed by atoms with E-state index in [4.69, 9.17) is 11.6 Å². The molecule has 2 aromatic rings.